The molecule has 4 heteroatoms. The number of nitrogens with one attached hydrogen (secondary N) is 1. The van der Waals surface area contributed by atoms with Gasteiger partial charge < -0.3 is 9.80 Å². The summed E-state index contributed by atoms with van der Waals surface area (Å²) in [5.41, 5.74) is 2.49. The number of nitrogens with zero attached hydrogens (tertiary/aromatic N) is 2. The van der Waals surface area contributed by atoms with Crippen LogP contribution in [0.25, 0.3) is 0 Å². The number of carbonyl (C=O) groups excluding carboxylic acids is 1. The van der Waals surface area contributed by atoms with Gasteiger partial charge in [0.1, 0.15) is 6.17 Å². The van der Waals surface area contributed by atoms with Crippen molar-refractivity contribution in [2.24, 2.45) is 0 Å². The Labute approximate surface area is 121 Å². The highest BCUT2D eigenvalue weighted by Crippen LogP contribution is 2.25. The molecule has 1 aliphatic heterocycles. The molecule has 1 heterocycles. The molecule has 1 aromatic carbocycles. The maximum atomic E-state index is 12.1. The molecule has 0 aromatic heterocycles. The number of aryl methyl sites for hydroxylation is 1. The van der Waals surface area contributed by atoms with Crippen LogP contribution in [0.5, 0.6) is 0 Å². The van der Waals surface area contributed by atoms with Gasteiger partial charge in [-0.15, -0.1) is 0 Å². The first kappa shape index (κ1) is 15.0. The van der Waals surface area contributed by atoms with Gasteiger partial charge in [-0.3, -0.25) is 10.1 Å². The minimum absolute atomic E-state index is 0.00311. The lowest BCUT2D eigenvalue weighted by molar-refractivity contribution is -0.130. The smallest absolute Gasteiger partial charge is 0.238 e. The Hall–Kier alpha value is -1.39. The summed E-state index contributed by atoms with van der Waals surface area (Å²) in [4.78, 5) is 16.2. The third-order valence-electron chi connectivity index (χ3n) is 3.82. The number of rotatable bonds is 5. The zero-order chi connectivity index (χ0) is 14.7. The Bertz CT molecular complexity index is 455. The van der Waals surface area contributed by atoms with Crippen LogP contribution in [0.1, 0.15) is 31.1 Å². The molecular weight excluding hydrogens is 250 g/mol. The molecule has 0 spiro atoms. The van der Waals surface area contributed by atoms with E-state index in [-0.39, 0.29) is 18.1 Å². The SMILES string of the molecule is CCc1ccc(C2NCC(=O)N2C(C)CN(C)C)cc1. The van der Waals surface area contributed by atoms with Gasteiger partial charge in [0.2, 0.25) is 5.91 Å². The van der Waals surface area contributed by atoms with E-state index in [0.29, 0.717) is 6.54 Å². The summed E-state index contributed by atoms with van der Waals surface area (Å²) < 4.78 is 0. The zero-order valence-corrected chi connectivity index (χ0v) is 12.9. The van der Waals surface area contributed by atoms with Crippen LogP contribution in [0.3, 0.4) is 0 Å². The van der Waals surface area contributed by atoms with Crippen LogP contribution >= 0.6 is 0 Å². The van der Waals surface area contributed by atoms with E-state index in [1.165, 1.54) is 11.1 Å². The zero-order valence-electron chi connectivity index (χ0n) is 12.9. The third-order valence-corrected chi connectivity index (χ3v) is 3.82. The fourth-order valence-electron chi connectivity index (χ4n) is 2.85. The van der Waals surface area contributed by atoms with Gasteiger partial charge in [0.05, 0.1) is 6.54 Å². The Morgan fingerprint density at radius 1 is 1.35 bits per heavy atom. The van der Waals surface area contributed by atoms with Crippen LogP contribution in [0.15, 0.2) is 24.3 Å². The van der Waals surface area contributed by atoms with Gasteiger partial charge in [-0.2, -0.15) is 0 Å². The summed E-state index contributed by atoms with van der Waals surface area (Å²) in [6.07, 6.45) is 1.04. The second-order valence-corrected chi connectivity index (χ2v) is 5.79. The highest BCUT2D eigenvalue weighted by Gasteiger charge is 2.34. The molecule has 1 N–H and O–H groups in total. The van der Waals surface area contributed by atoms with Gasteiger partial charge in [-0.05, 0) is 38.6 Å². The number of benzene rings is 1. The van der Waals surface area contributed by atoms with Crippen molar-refractivity contribution in [2.45, 2.75) is 32.5 Å². The van der Waals surface area contributed by atoms with E-state index in [2.05, 4.69) is 48.3 Å². The van der Waals surface area contributed by atoms with Crippen molar-refractivity contribution in [3.05, 3.63) is 35.4 Å². The molecule has 1 saturated heterocycles. The number of hydrogen-bond donors (Lipinski definition) is 1. The summed E-state index contributed by atoms with van der Waals surface area (Å²) in [6.45, 7) is 5.56. The Balaban J connectivity index is 2.18. The molecule has 4 nitrogen and oxygen atoms in total. The second-order valence-electron chi connectivity index (χ2n) is 5.79. The van der Waals surface area contributed by atoms with Gasteiger partial charge in [0.25, 0.3) is 0 Å². The summed E-state index contributed by atoms with van der Waals surface area (Å²) >= 11 is 0. The largest absolute Gasteiger partial charge is 0.318 e. The summed E-state index contributed by atoms with van der Waals surface area (Å²) in [5.74, 6) is 0.184. The average Bonchev–Trinajstić information content (AvgIpc) is 2.80. The Kier molecular flexibility index (Phi) is 4.78. The monoisotopic (exact) mass is 275 g/mol. The predicted octanol–water partition coefficient (Wildman–Crippen LogP) is 1.63. The number of carbonyl (C=O) groups is 1. The predicted molar refractivity (Wildman–Crippen MR) is 81.4 cm³/mol. The van der Waals surface area contributed by atoms with E-state index < -0.39 is 0 Å². The lowest BCUT2D eigenvalue weighted by Crippen LogP contribution is -2.43. The van der Waals surface area contributed by atoms with Gasteiger partial charge >= 0.3 is 0 Å². The quantitative estimate of drug-likeness (QED) is 0.887. The molecule has 1 amide bonds. The third kappa shape index (κ3) is 3.19. The van der Waals surface area contributed by atoms with Crippen molar-refractivity contribution in [1.29, 1.82) is 0 Å². The average molecular weight is 275 g/mol. The maximum absolute atomic E-state index is 12.1. The van der Waals surface area contributed by atoms with Crippen LogP contribution in [0.2, 0.25) is 0 Å². The van der Waals surface area contributed by atoms with Crippen LogP contribution in [0.4, 0.5) is 0 Å². The van der Waals surface area contributed by atoms with Crippen LogP contribution in [-0.4, -0.2) is 48.9 Å². The molecule has 1 aromatic rings. The number of likely N-dealkylation sites (N-methyl/N-ethyl adjacent to an activating group) is 1. The summed E-state index contributed by atoms with van der Waals surface area (Å²) in [6, 6.07) is 8.75. The minimum atomic E-state index is 0.00311. The molecule has 0 aliphatic carbocycles. The molecular formula is C16H25N3O. The van der Waals surface area contributed by atoms with Gasteiger partial charge in [-0.25, -0.2) is 0 Å². The Morgan fingerprint density at radius 2 is 2.00 bits per heavy atom. The standard InChI is InChI=1S/C16H25N3O/c1-5-13-6-8-14(9-7-13)16-17-10-15(20)19(16)12(2)11-18(3)4/h6-9,12,16-17H,5,10-11H2,1-4H3. The molecule has 0 bridgehead atoms. The first-order valence-corrected chi connectivity index (χ1v) is 7.31. The van der Waals surface area contributed by atoms with Gasteiger partial charge in [-0.1, -0.05) is 31.2 Å². The van der Waals surface area contributed by atoms with Crippen molar-refractivity contribution in [3.8, 4) is 0 Å². The van der Waals surface area contributed by atoms with E-state index in [1.54, 1.807) is 0 Å². The molecule has 0 radical (unpaired) electrons. The van der Waals surface area contributed by atoms with E-state index >= 15 is 0 Å². The van der Waals surface area contributed by atoms with Crippen LogP contribution in [-0.2, 0) is 11.2 Å². The van der Waals surface area contributed by atoms with Gasteiger partial charge in [0, 0.05) is 12.6 Å². The van der Waals surface area contributed by atoms with E-state index in [9.17, 15) is 4.79 Å². The molecule has 0 saturated carbocycles. The van der Waals surface area contributed by atoms with Crippen LogP contribution in [0, 0.1) is 0 Å². The number of hydrogen-bond acceptors (Lipinski definition) is 3. The molecule has 20 heavy (non-hydrogen) atoms. The molecule has 110 valence electrons. The Morgan fingerprint density at radius 3 is 2.55 bits per heavy atom. The fourth-order valence-corrected chi connectivity index (χ4v) is 2.85. The van der Waals surface area contributed by atoms with Crippen molar-refractivity contribution in [1.82, 2.24) is 15.1 Å². The van der Waals surface area contributed by atoms with E-state index in [1.807, 2.05) is 19.0 Å². The fraction of sp³-hybridized carbons (Fsp3) is 0.562. The van der Waals surface area contributed by atoms with Crippen LogP contribution < -0.4 is 5.32 Å². The molecule has 2 unspecified atom stereocenters. The van der Waals surface area contributed by atoms with Crippen molar-refractivity contribution in [2.75, 3.05) is 27.2 Å². The summed E-state index contributed by atoms with van der Waals surface area (Å²) in [5, 5.41) is 3.32. The number of amides is 1. The second kappa shape index (κ2) is 6.37. The molecule has 2 rings (SSSR count). The highest BCUT2D eigenvalue weighted by molar-refractivity contribution is 5.81. The van der Waals surface area contributed by atoms with E-state index in [4.69, 9.17) is 0 Å². The van der Waals surface area contributed by atoms with E-state index in [0.717, 1.165) is 13.0 Å². The highest BCUT2D eigenvalue weighted by atomic mass is 16.2. The lowest BCUT2D eigenvalue weighted by Gasteiger charge is -2.32. The molecule has 2 atom stereocenters. The van der Waals surface area contributed by atoms with Gasteiger partial charge in [0.15, 0.2) is 0 Å². The van der Waals surface area contributed by atoms with Crippen molar-refractivity contribution in [3.63, 3.8) is 0 Å². The summed E-state index contributed by atoms with van der Waals surface area (Å²) in [7, 11) is 4.07. The normalized spacial score (nSPS) is 20.8. The van der Waals surface area contributed by atoms with Crippen molar-refractivity contribution >= 4 is 5.91 Å². The first-order chi connectivity index (χ1) is 9.52. The lowest BCUT2D eigenvalue weighted by atomic mass is 10.1. The topological polar surface area (TPSA) is 35.6 Å². The molecule has 1 aliphatic rings. The van der Waals surface area contributed by atoms with Crippen molar-refractivity contribution < 1.29 is 4.79 Å². The minimum Gasteiger partial charge on any atom is -0.318 e. The first-order valence-electron chi connectivity index (χ1n) is 7.31. The maximum Gasteiger partial charge on any atom is 0.238 e. The molecule has 1 fully saturated rings.